The topological polar surface area (TPSA) is 18.5 Å². The molecule has 0 aromatic heterocycles. The highest BCUT2D eigenvalue weighted by molar-refractivity contribution is 5.33. The summed E-state index contributed by atoms with van der Waals surface area (Å²) in [6.45, 7) is 6.53. The highest BCUT2D eigenvalue weighted by atomic mass is 19.3. The molecule has 2 aliphatic carbocycles. The highest BCUT2D eigenvalue weighted by Gasteiger charge is 2.43. The Morgan fingerprint density at radius 3 is 2.33 bits per heavy atom. The standard InChI is InChI=1S/C33H48F4O2/c1-3-5-6-7-24-10-18-29(39-22-24)26-13-15-27(16-14-26)33(36,37)20-21-38-30-19-17-28(31(34)32(30)35)25-11-8-23(4-2)9-12-25/h4,17,19,23-27,29H,2-3,5-16,18,20-22H2,1H3. The van der Waals surface area contributed by atoms with E-state index in [2.05, 4.69) is 13.5 Å². The van der Waals surface area contributed by atoms with Gasteiger partial charge in [-0.2, -0.15) is 4.39 Å². The molecule has 3 fully saturated rings. The molecule has 1 aliphatic heterocycles. The molecule has 1 aromatic rings. The van der Waals surface area contributed by atoms with Gasteiger partial charge in [0.1, 0.15) is 0 Å². The minimum atomic E-state index is -2.89. The van der Waals surface area contributed by atoms with E-state index < -0.39 is 29.9 Å². The van der Waals surface area contributed by atoms with E-state index in [1.807, 2.05) is 6.08 Å². The molecule has 2 saturated carbocycles. The number of rotatable bonds is 12. The number of alkyl halides is 2. The Bertz CT molecular complexity index is 895. The van der Waals surface area contributed by atoms with Crippen LogP contribution in [0.4, 0.5) is 17.6 Å². The number of ether oxygens (including phenoxy) is 2. The quantitative estimate of drug-likeness (QED) is 0.146. The maximum absolute atomic E-state index is 15.0. The lowest BCUT2D eigenvalue weighted by Gasteiger charge is -2.39. The zero-order valence-corrected chi connectivity index (χ0v) is 23.8. The first-order valence-corrected chi connectivity index (χ1v) is 15.5. The van der Waals surface area contributed by atoms with Crippen molar-refractivity contribution in [2.24, 2.45) is 23.7 Å². The monoisotopic (exact) mass is 552 g/mol. The van der Waals surface area contributed by atoms with Gasteiger partial charge in [-0.1, -0.05) is 38.3 Å². The second kappa shape index (κ2) is 14.4. The van der Waals surface area contributed by atoms with Crippen LogP contribution in [0, 0.1) is 35.3 Å². The van der Waals surface area contributed by atoms with Crippen LogP contribution in [0.1, 0.15) is 115 Å². The average molecular weight is 553 g/mol. The lowest BCUT2D eigenvalue weighted by Crippen LogP contribution is -2.38. The van der Waals surface area contributed by atoms with Crippen molar-refractivity contribution in [3.05, 3.63) is 42.0 Å². The van der Waals surface area contributed by atoms with Crippen molar-refractivity contribution in [3.8, 4) is 5.75 Å². The van der Waals surface area contributed by atoms with E-state index in [9.17, 15) is 8.78 Å². The van der Waals surface area contributed by atoms with Gasteiger partial charge in [0.15, 0.2) is 11.6 Å². The molecule has 2 nitrogen and oxygen atoms in total. The number of hydrogen-bond donors (Lipinski definition) is 0. The predicted octanol–water partition coefficient (Wildman–Crippen LogP) is 10.0. The van der Waals surface area contributed by atoms with Gasteiger partial charge >= 0.3 is 0 Å². The van der Waals surface area contributed by atoms with E-state index in [4.69, 9.17) is 9.47 Å². The molecule has 1 saturated heterocycles. The summed E-state index contributed by atoms with van der Waals surface area (Å²) in [7, 11) is 0. The lowest BCUT2D eigenvalue weighted by atomic mass is 9.74. The average Bonchev–Trinajstić information content (AvgIpc) is 2.96. The minimum absolute atomic E-state index is 0.0320. The van der Waals surface area contributed by atoms with E-state index in [1.54, 1.807) is 6.07 Å². The Balaban J connectivity index is 1.20. The number of benzene rings is 1. The zero-order chi connectivity index (χ0) is 27.8. The Hall–Kier alpha value is -1.56. The third-order valence-corrected chi connectivity index (χ3v) is 9.83. The van der Waals surface area contributed by atoms with Crippen LogP contribution in [0.5, 0.6) is 5.75 Å². The normalized spacial score (nSPS) is 30.2. The van der Waals surface area contributed by atoms with Gasteiger partial charge in [0.2, 0.25) is 5.82 Å². The molecule has 0 amide bonds. The summed E-state index contributed by atoms with van der Waals surface area (Å²) in [5, 5.41) is 0. The summed E-state index contributed by atoms with van der Waals surface area (Å²) in [6.07, 6.45) is 14.8. The smallest absolute Gasteiger partial charge is 0.254 e. The summed E-state index contributed by atoms with van der Waals surface area (Å²) in [4.78, 5) is 0. The molecule has 0 bridgehead atoms. The molecule has 4 rings (SSSR count). The second-order valence-corrected chi connectivity index (χ2v) is 12.4. The van der Waals surface area contributed by atoms with Crippen LogP contribution in [-0.2, 0) is 4.74 Å². The maximum Gasteiger partial charge on any atom is 0.254 e. The number of allylic oxidation sites excluding steroid dienone is 1. The van der Waals surface area contributed by atoms with Gasteiger partial charge in [0.05, 0.1) is 12.7 Å². The SMILES string of the molecule is C=CC1CCC(c2ccc(OCCC(F)(F)C3CCC(C4CCC(CCCCC)CO4)CC3)c(F)c2F)CC1. The van der Waals surface area contributed by atoms with Crippen molar-refractivity contribution in [2.75, 3.05) is 13.2 Å². The Morgan fingerprint density at radius 2 is 1.69 bits per heavy atom. The van der Waals surface area contributed by atoms with Crippen molar-refractivity contribution in [2.45, 2.75) is 121 Å². The van der Waals surface area contributed by atoms with E-state index >= 15 is 8.78 Å². The van der Waals surface area contributed by atoms with Crippen LogP contribution in [0.2, 0.25) is 0 Å². The molecule has 220 valence electrons. The van der Waals surface area contributed by atoms with E-state index in [0.717, 1.165) is 51.6 Å². The maximum atomic E-state index is 15.0. The molecule has 3 aliphatic rings. The molecule has 39 heavy (non-hydrogen) atoms. The first-order valence-electron chi connectivity index (χ1n) is 15.5. The number of unbranched alkanes of at least 4 members (excludes halogenated alkanes) is 2. The third kappa shape index (κ3) is 8.01. The van der Waals surface area contributed by atoms with Crippen LogP contribution in [0.3, 0.4) is 0 Å². The summed E-state index contributed by atoms with van der Waals surface area (Å²) < 4.78 is 71.2. The fraction of sp³-hybridized carbons (Fsp3) is 0.758. The zero-order valence-electron chi connectivity index (χ0n) is 23.8. The molecular formula is C33H48F4O2. The number of hydrogen-bond acceptors (Lipinski definition) is 2. The molecule has 0 spiro atoms. The van der Waals surface area contributed by atoms with Crippen LogP contribution in [0.25, 0.3) is 0 Å². The van der Waals surface area contributed by atoms with Gasteiger partial charge in [-0.05, 0) is 106 Å². The van der Waals surface area contributed by atoms with Crippen LogP contribution < -0.4 is 4.74 Å². The summed E-state index contributed by atoms with van der Waals surface area (Å²) in [6, 6.07) is 2.96. The molecule has 2 unspecified atom stereocenters. The molecule has 6 heteroatoms. The number of halogens is 4. The van der Waals surface area contributed by atoms with Crippen LogP contribution >= 0.6 is 0 Å². The summed E-state index contributed by atoms with van der Waals surface area (Å²) in [5.41, 5.74) is 0.360. The van der Waals surface area contributed by atoms with Crippen molar-refractivity contribution >= 4 is 0 Å². The molecule has 0 N–H and O–H groups in total. The molecule has 1 aromatic carbocycles. The van der Waals surface area contributed by atoms with Crippen molar-refractivity contribution in [3.63, 3.8) is 0 Å². The van der Waals surface area contributed by atoms with Gasteiger partial charge in [-0.3, -0.25) is 0 Å². The van der Waals surface area contributed by atoms with E-state index in [0.29, 0.717) is 36.2 Å². The van der Waals surface area contributed by atoms with Crippen molar-refractivity contribution in [1.82, 2.24) is 0 Å². The van der Waals surface area contributed by atoms with Crippen LogP contribution in [0.15, 0.2) is 24.8 Å². The summed E-state index contributed by atoms with van der Waals surface area (Å²) >= 11 is 0. The van der Waals surface area contributed by atoms with Gasteiger partial charge in [0, 0.05) is 18.9 Å². The molecule has 0 radical (unpaired) electrons. The van der Waals surface area contributed by atoms with E-state index in [-0.39, 0.29) is 24.4 Å². The van der Waals surface area contributed by atoms with Gasteiger partial charge < -0.3 is 9.47 Å². The van der Waals surface area contributed by atoms with Crippen molar-refractivity contribution < 1.29 is 27.0 Å². The predicted molar refractivity (Wildman–Crippen MR) is 148 cm³/mol. The van der Waals surface area contributed by atoms with Crippen molar-refractivity contribution in [1.29, 1.82) is 0 Å². The highest BCUT2D eigenvalue weighted by Crippen LogP contribution is 2.44. The molecule has 2 atom stereocenters. The first kappa shape index (κ1) is 30.4. The largest absolute Gasteiger partial charge is 0.490 e. The first-order chi connectivity index (χ1) is 18.8. The Labute approximate surface area is 232 Å². The Kier molecular flexibility index (Phi) is 11.2. The minimum Gasteiger partial charge on any atom is -0.490 e. The lowest BCUT2D eigenvalue weighted by molar-refractivity contribution is -0.105. The fourth-order valence-electron chi connectivity index (χ4n) is 7.16. The van der Waals surface area contributed by atoms with Gasteiger partial charge in [-0.25, -0.2) is 13.2 Å². The Morgan fingerprint density at radius 1 is 0.949 bits per heavy atom. The fourth-order valence-corrected chi connectivity index (χ4v) is 7.16. The third-order valence-electron chi connectivity index (χ3n) is 9.83. The molecular weight excluding hydrogens is 504 g/mol. The van der Waals surface area contributed by atoms with E-state index in [1.165, 1.54) is 38.2 Å². The van der Waals surface area contributed by atoms with Gasteiger partial charge in [-0.15, -0.1) is 6.58 Å². The van der Waals surface area contributed by atoms with Gasteiger partial charge in [0.25, 0.3) is 5.92 Å². The van der Waals surface area contributed by atoms with Crippen LogP contribution in [-0.4, -0.2) is 25.2 Å². The summed E-state index contributed by atoms with van der Waals surface area (Å²) in [5.74, 6) is -4.42. The second-order valence-electron chi connectivity index (χ2n) is 12.4. The molecule has 1 heterocycles.